The zero-order chi connectivity index (χ0) is 21.4. The number of hydrogen-bond donors (Lipinski definition) is 0. The molecular formula is C24H26N2O4. The fourth-order valence-corrected chi connectivity index (χ4v) is 3.96. The number of fused-ring (bicyclic) bond motifs is 2. The Kier molecular flexibility index (Phi) is 5.35. The Morgan fingerprint density at radius 2 is 1.83 bits per heavy atom. The average Bonchev–Trinajstić information content (AvgIpc) is 3.04. The molecule has 2 aromatic carbocycles. The Morgan fingerprint density at radius 1 is 1.10 bits per heavy atom. The number of carbonyl (C=O) groups is 1. The highest BCUT2D eigenvalue weighted by molar-refractivity contribution is 5.99. The summed E-state index contributed by atoms with van der Waals surface area (Å²) in [6.45, 7) is 3.21. The summed E-state index contributed by atoms with van der Waals surface area (Å²) < 4.78 is 11.3. The predicted molar refractivity (Wildman–Crippen MR) is 116 cm³/mol. The van der Waals surface area contributed by atoms with E-state index in [2.05, 4.69) is 0 Å². The Morgan fingerprint density at radius 3 is 2.47 bits per heavy atom. The number of ether oxygens (including phenoxy) is 1. The second-order valence-electron chi connectivity index (χ2n) is 7.84. The fraction of sp³-hybridized carbons (Fsp3) is 0.333. The van der Waals surface area contributed by atoms with Gasteiger partial charge in [-0.2, -0.15) is 0 Å². The van der Waals surface area contributed by atoms with Crippen molar-refractivity contribution in [2.45, 2.75) is 19.4 Å². The summed E-state index contributed by atoms with van der Waals surface area (Å²) in [5.41, 5.74) is 2.66. The van der Waals surface area contributed by atoms with Gasteiger partial charge in [0.05, 0.1) is 24.1 Å². The summed E-state index contributed by atoms with van der Waals surface area (Å²) in [7, 11) is 5.53. The smallest absolute Gasteiger partial charge is 0.290 e. The summed E-state index contributed by atoms with van der Waals surface area (Å²) in [4.78, 5) is 30.6. The second-order valence-corrected chi connectivity index (χ2v) is 7.84. The SMILES string of the molecule is CCc1ccc2oc3c(c(=O)c2c1)C(c1ccc(OC)cc1)N(CCN(C)C)C3=O. The van der Waals surface area contributed by atoms with Crippen LogP contribution in [0, 0.1) is 0 Å². The minimum absolute atomic E-state index is 0.136. The molecule has 2 heterocycles. The largest absolute Gasteiger partial charge is 0.497 e. The van der Waals surface area contributed by atoms with Crippen LogP contribution >= 0.6 is 0 Å². The van der Waals surface area contributed by atoms with E-state index in [4.69, 9.17) is 9.15 Å². The van der Waals surface area contributed by atoms with E-state index >= 15 is 0 Å². The highest BCUT2D eigenvalue weighted by Gasteiger charge is 2.42. The third-order valence-electron chi connectivity index (χ3n) is 5.66. The normalized spacial score (nSPS) is 15.8. The minimum atomic E-state index is -0.482. The molecular weight excluding hydrogens is 380 g/mol. The van der Waals surface area contributed by atoms with Crippen molar-refractivity contribution in [3.63, 3.8) is 0 Å². The molecule has 0 bridgehead atoms. The molecule has 0 N–H and O–H groups in total. The van der Waals surface area contributed by atoms with E-state index in [1.807, 2.05) is 62.3 Å². The molecule has 0 saturated heterocycles. The molecule has 1 aliphatic heterocycles. The molecule has 0 fully saturated rings. The standard InChI is InChI=1S/C24H26N2O4/c1-5-15-6-11-19-18(14-15)22(27)20-21(16-7-9-17(29-4)10-8-16)26(13-12-25(2)3)24(28)23(20)30-19/h6-11,14,21H,5,12-13H2,1-4H3. The first-order valence-corrected chi connectivity index (χ1v) is 10.1. The third-order valence-corrected chi connectivity index (χ3v) is 5.66. The maximum absolute atomic E-state index is 13.6. The summed E-state index contributed by atoms with van der Waals surface area (Å²) in [6, 6.07) is 12.6. The van der Waals surface area contributed by atoms with E-state index in [1.54, 1.807) is 18.1 Å². The van der Waals surface area contributed by atoms with Gasteiger partial charge in [-0.15, -0.1) is 0 Å². The number of likely N-dealkylation sites (N-methyl/N-ethyl adjacent to an activating group) is 1. The van der Waals surface area contributed by atoms with Crippen LogP contribution in [0.1, 0.15) is 40.2 Å². The van der Waals surface area contributed by atoms with Gasteiger partial charge in [0.25, 0.3) is 5.91 Å². The summed E-state index contributed by atoms with van der Waals surface area (Å²) in [5.74, 6) is 0.629. The monoisotopic (exact) mass is 406 g/mol. The van der Waals surface area contributed by atoms with Gasteiger partial charge in [-0.1, -0.05) is 25.1 Å². The van der Waals surface area contributed by atoms with Gasteiger partial charge in [-0.05, 0) is 55.9 Å². The van der Waals surface area contributed by atoms with Gasteiger partial charge in [-0.3, -0.25) is 9.59 Å². The lowest BCUT2D eigenvalue weighted by Gasteiger charge is -2.26. The summed E-state index contributed by atoms with van der Waals surface area (Å²) in [6.07, 6.45) is 0.822. The molecule has 30 heavy (non-hydrogen) atoms. The van der Waals surface area contributed by atoms with Crippen molar-refractivity contribution in [2.75, 3.05) is 34.3 Å². The van der Waals surface area contributed by atoms with Crippen LogP contribution in [-0.4, -0.2) is 50.0 Å². The fourth-order valence-electron chi connectivity index (χ4n) is 3.96. The lowest BCUT2D eigenvalue weighted by atomic mass is 9.98. The molecule has 0 radical (unpaired) electrons. The van der Waals surface area contributed by atoms with Gasteiger partial charge in [-0.25, -0.2) is 0 Å². The van der Waals surface area contributed by atoms with Crippen LogP contribution < -0.4 is 10.2 Å². The first-order valence-electron chi connectivity index (χ1n) is 10.1. The van der Waals surface area contributed by atoms with Gasteiger partial charge < -0.3 is 19.0 Å². The van der Waals surface area contributed by atoms with Crippen molar-refractivity contribution >= 4 is 16.9 Å². The van der Waals surface area contributed by atoms with Crippen LogP contribution in [0.4, 0.5) is 0 Å². The average molecular weight is 406 g/mol. The zero-order valence-corrected chi connectivity index (χ0v) is 17.8. The van der Waals surface area contributed by atoms with Crippen molar-refractivity contribution in [1.29, 1.82) is 0 Å². The Bertz CT molecular complexity index is 1150. The second kappa shape index (κ2) is 7.95. The highest BCUT2D eigenvalue weighted by Crippen LogP contribution is 2.38. The molecule has 1 atom stereocenters. The molecule has 4 rings (SSSR count). The highest BCUT2D eigenvalue weighted by atomic mass is 16.5. The summed E-state index contributed by atoms with van der Waals surface area (Å²) >= 11 is 0. The van der Waals surface area contributed by atoms with Gasteiger partial charge in [0.15, 0.2) is 5.43 Å². The molecule has 156 valence electrons. The first-order chi connectivity index (χ1) is 14.4. The topological polar surface area (TPSA) is 63.0 Å². The number of methoxy groups -OCH3 is 1. The maximum Gasteiger partial charge on any atom is 0.290 e. The van der Waals surface area contributed by atoms with Gasteiger partial charge in [0.2, 0.25) is 5.76 Å². The molecule has 1 unspecified atom stereocenters. The first kappa shape index (κ1) is 20.2. The molecule has 1 aliphatic rings. The van der Waals surface area contributed by atoms with Crippen LogP contribution in [0.5, 0.6) is 5.75 Å². The number of amides is 1. The Balaban J connectivity index is 1.91. The van der Waals surface area contributed by atoms with E-state index in [9.17, 15) is 9.59 Å². The van der Waals surface area contributed by atoms with Crippen molar-refractivity contribution in [3.05, 3.63) is 75.1 Å². The minimum Gasteiger partial charge on any atom is -0.497 e. The van der Waals surface area contributed by atoms with Gasteiger partial charge in [0, 0.05) is 13.1 Å². The molecule has 6 nitrogen and oxygen atoms in total. The number of hydrogen-bond acceptors (Lipinski definition) is 5. The van der Waals surface area contributed by atoms with Crippen LogP contribution in [0.2, 0.25) is 0 Å². The van der Waals surface area contributed by atoms with E-state index in [1.165, 1.54) is 0 Å². The number of rotatable bonds is 6. The quantitative estimate of drug-likeness (QED) is 0.627. The van der Waals surface area contributed by atoms with Gasteiger partial charge in [0.1, 0.15) is 11.3 Å². The van der Waals surface area contributed by atoms with Crippen LogP contribution in [0.25, 0.3) is 11.0 Å². The lowest BCUT2D eigenvalue weighted by molar-refractivity contribution is 0.0716. The van der Waals surface area contributed by atoms with E-state index in [-0.39, 0.29) is 17.1 Å². The van der Waals surface area contributed by atoms with Crippen LogP contribution in [0.3, 0.4) is 0 Å². The molecule has 6 heteroatoms. The van der Waals surface area contributed by atoms with Crippen molar-refractivity contribution in [3.8, 4) is 5.75 Å². The number of aryl methyl sites for hydroxylation is 1. The van der Waals surface area contributed by atoms with Crippen molar-refractivity contribution in [1.82, 2.24) is 9.80 Å². The molecule has 3 aromatic rings. The zero-order valence-electron chi connectivity index (χ0n) is 17.8. The maximum atomic E-state index is 13.6. The number of carbonyl (C=O) groups excluding carboxylic acids is 1. The van der Waals surface area contributed by atoms with Gasteiger partial charge >= 0.3 is 0 Å². The predicted octanol–water partition coefficient (Wildman–Crippen LogP) is 3.47. The summed E-state index contributed by atoms with van der Waals surface area (Å²) in [5, 5.41) is 0.522. The van der Waals surface area contributed by atoms with E-state index < -0.39 is 6.04 Å². The lowest BCUT2D eigenvalue weighted by Crippen LogP contribution is -2.35. The number of benzene rings is 2. The van der Waals surface area contributed by atoms with E-state index in [0.717, 1.165) is 23.3 Å². The molecule has 1 amide bonds. The molecule has 1 aromatic heterocycles. The Hall–Kier alpha value is -3.12. The van der Waals surface area contributed by atoms with E-state index in [0.29, 0.717) is 29.6 Å². The van der Waals surface area contributed by atoms with Crippen molar-refractivity contribution < 1.29 is 13.9 Å². The van der Waals surface area contributed by atoms with Crippen LogP contribution in [0.15, 0.2) is 51.7 Å². The Labute approximate surface area is 175 Å². The van der Waals surface area contributed by atoms with Crippen molar-refractivity contribution in [2.24, 2.45) is 0 Å². The molecule has 0 spiro atoms. The van der Waals surface area contributed by atoms with Crippen LogP contribution in [-0.2, 0) is 6.42 Å². The molecule has 0 aliphatic carbocycles. The number of nitrogens with zero attached hydrogens (tertiary/aromatic N) is 2. The molecule has 0 saturated carbocycles. The third kappa shape index (κ3) is 3.37.